The van der Waals surface area contributed by atoms with Gasteiger partial charge in [-0.15, -0.1) is 0 Å². The van der Waals surface area contributed by atoms with E-state index in [0.717, 1.165) is 17.7 Å². The van der Waals surface area contributed by atoms with Gasteiger partial charge in [0, 0.05) is 13.1 Å². The first-order valence-corrected chi connectivity index (χ1v) is 9.68. The van der Waals surface area contributed by atoms with E-state index in [-0.39, 0.29) is 12.5 Å². The van der Waals surface area contributed by atoms with E-state index in [1.165, 1.54) is 5.56 Å². The van der Waals surface area contributed by atoms with E-state index in [4.69, 9.17) is 4.74 Å². The van der Waals surface area contributed by atoms with Crippen LogP contribution in [0.1, 0.15) is 32.9 Å². The van der Waals surface area contributed by atoms with Gasteiger partial charge in [0.05, 0.1) is 17.1 Å². The van der Waals surface area contributed by atoms with Crippen LogP contribution in [0, 0.1) is 13.8 Å². The summed E-state index contributed by atoms with van der Waals surface area (Å²) in [5.41, 5.74) is 4.97. The van der Waals surface area contributed by atoms with E-state index < -0.39 is 5.97 Å². The molecule has 29 heavy (non-hydrogen) atoms. The molecule has 4 rings (SSSR count). The van der Waals surface area contributed by atoms with E-state index in [9.17, 15) is 9.59 Å². The maximum Gasteiger partial charge on any atom is 0.342 e. The lowest BCUT2D eigenvalue weighted by atomic mass is 10.00. The maximum atomic E-state index is 12.7. The first kappa shape index (κ1) is 18.9. The number of ether oxygens (including phenoxy) is 1. The van der Waals surface area contributed by atoms with Gasteiger partial charge in [-0.1, -0.05) is 42.5 Å². The van der Waals surface area contributed by atoms with Crippen molar-refractivity contribution < 1.29 is 14.3 Å². The summed E-state index contributed by atoms with van der Waals surface area (Å²) in [6, 6.07) is 17.7. The minimum atomic E-state index is -0.520. The lowest BCUT2D eigenvalue weighted by Gasteiger charge is -2.28. The lowest BCUT2D eigenvalue weighted by Crippen LogP contribution is -2.38. The smallest absolute Gasteiger partial charge is 0.342 e. The number of nitrogens with zero attached hydrogens (tertiary/aromatic N) is 3. The maximum absolute atomic E-state index is 12.7. The van der Waals surface area contributed by atoms with Crippen LogP contribution in [0.3, 0.4) is 0 Å². The normalized spacial score (nSPS) is 13.1. The Morgan fingerprint density at radius 2 is 1.69 bits per heavy atom. The third-order valence-corrected chi connectivity index (χ3v) is 5.31. The molecule has 0 unspecified atom stereocenters. The zero-order valence-electron chi connectivity index (χ0n) is 16.6. The Bertz CT molecular complexity index is 1060. The molecule has 148 valence electrons. The molecule has 0 atom stereocenters. The van der Waals surface area contributed by atoms with Crippen LogP contribution >= 0.6 is 0 Å². The Labute approximate surface area is 169 Å². The Morgan fingerprint density at radius 3 is 2.45 bits per heavy atom. The molecule has 0 N–H and O–H groups in total. The molecule has 1 aromatic heterocycles. The molecule has 1 aliphatic heterocycles. The third kappa shape index (κ3) is 3.78. The number of carbonyl (C=O) groups is 2. The van der Waals surface area contributed by atoms with Gasteiger partial charge < -0.3 is 9.64 Å². The van der Waals surface area contributed by atoms with Gasteiger partial charge >= 0.3 is 5.97 Å². The van der Waals surface area contributed by atoms with Crippen molar-refractivity contribution in [1.29, 1.82) is 0 Å². The highest BCUT2D eigenvalue weighted by atomic mass is 16.5. The summed E-state index contributed by atoms with van der Waals surface area (Å²) >= 11 is 0. The average molecular weight is 389 g/mol. The van der Waals surface area contributed by atoms with Crippen LogP contribution in [0.15, 0.2) is 54.6 Å². The van der Waals surface area contributed by atoms with Crippen molar-refractivity contribution in [3.05, 3.63) is 82.7 Å². The molecule has 2 aromatic carbocycles. The molecule has 1 amide bonds. The van der Waals surface area contributed by atoms with Crippen LogP contribution in [-0.2, 0) is 22.5 Å². The molecule has 0 bridgehead atoms. The van der Waals surface area contributed by atoms with Crippen LogP contribution in [-0.4, -0.2) is 39.7 Å². The van der Waals surface area contributed by atoms with Crippen molar-refractivity contribution in [2.45, 2.75) is 26.8 Å². The number of amides is 1. The first-order chi connectivity index (χ1) is 14.0. The SMILES string of the molecule is Cc1nn(-c2ccccc2)c(C)c1C(=O)OCC(=O)N1CCc2ccccc2C1. The van der Waals surface area contributed by atoms with Gasteiger partial charge in [0.25, 0.3) is 5.91 Å². The monoisotopic (exact) mass is 389 g/mol. The molecule has 6 heteroatoms. The second kappa shape index (κ2) is 7.91. The number of esters is 1. The Kier molecular flexibility index (Phi) is 5.16. The van der Waals surface area contributed by atoms with Crippen LogP contribution in [0.4, 0.5) is 0 Å². The predicted molar refractivity (Wildman–Crippen MR) is 109 cm³/mol. The minimum Gasteiger partial charge on any atom is -0.452 e. The predicted octanol–water partition coefficient (Wildman–Crippen LogP) is 3.23. The summed E-state index contributed by atoms with van der Waals surface area (Å²) in [6.07, 6.45) is 0.817. The molecule has 0 spiro atoms. The fraction of sp³-hybridized carbons (Fsp3) is 0.261. The van der Waals surface area contributed by atoms with Gasteiger partial charge in [0.15, 0.2) is 6.61 Å². The zero-order chi connectivity index (χ0) is 20.4. The first-order valence-electron chi connectivity index (χ1n) is 9.68. The molecular weight excluding hydrogens is 366 g/mol. The standard InChI is InChI=1S/C23H23N3O3/c1-16-22(17(2)26(24-16)20-10-4-3-5-11-20)23(28)29-15-21(27)25-13-12-18-8-6-7-9-19(18)14-25/h3-11H,12-15H2,1-2H3. The van der Waals surface area contributed by atoms with Gasteiger partial charge in [-0.25, -0.2) is 9.48 Å². The molecule has 0 radical (unpaired) electrons. The summed E-state index contributed by atoms with van der Waals surface area (Å²) in [5, 5.41) is 4.46. The van der Waals surface area contributed by atoms with Crippen LogP contribution in [0.2, 0.25) is 0 Å². The Balaban J connectivity index is 1.43. The number of fused-ring (bicyclic) bond motifs is 1. The summed E-state index contributed by atoms with van der Waals surface area (Å²) in [6.45, 7) is 4.52. The van der Waals surface area contributed by atoms with Gasteiger partial charge in [-0.3, -0.25) is 4.79 Å². The Hall–Kier alpha value is -3.41. The van der Waals surface area contributed by atoms with Crippen molar-refractivity contribution >= 4 is 11.9 Å². The molecule has 0 aliphatic carbocycles. The number of hydrogen-bond acceptors (Lipinski definition) is 4. The molecule has 1 aliphatic rings. The lowest BCUT2D eigenvalue weighted by molar-refractivity contribution is -0.135. The number of aromatic nitrogens is 2. The molecule has 0 saturated carbocycles. The van der Waals surface area contributed by atoms with Crippen LogP contribution in [0.25, 0.3) is 5.69 Å². The number of hydrogen-bond donors (Lipinski definition) is 0. The van der Waals surface area contributed by atoms with Crippen molar-refractivity contribution in [3.63, 3.8) is 0 Å². The molecular formula is C23H23N3O3. The fourth-order valence-electron chi connectivity index (χ4n) is 3.76. The number of rotatable bonds is 4. The molecule has 6 nitrogen and oxygen atoms in total. The second-order valence-corrected chi connectivity index (χ2v) is 7.20. The zero-order valence-corrected chi connectivity index (χ0v) is 16.6. The Morgan fingerprint density at radius 1 is 1.00 bits per heavy atom. The minimum absolute atomic E-state index is 0.182. The average Bonchev–Trinajstić information content (AvgIpc) is 3.06. The number of para-hydroxylation sites is 1. The molecule has 0 saturated heterocycles. The number of carbonyl (C=O) groups excluding carboxylic acids is 2. The van der Waals surface area contributed by atoms with E-state index in [1.54, 1.807) is 16.5 Å². The fourth-order valence-corrected chi connectivity index (χ4v) is 3.76. The highest BCUT2D eigenvalue weighted by Gasteiger charge is 2.24. The van der Waals surface area contributed by atoms with Crippen molar-refractivity contribution in [2.75, 3.05) is 13.2 Å². The quantitative estimate of drug-likeness (QED) is 0.643. The van der Waals surface area contributed by atoms with E-state index in [2.05, 4.69) is 11.2 Å². The van der Waals surface area contributed by atoms with Gasteiger partial charge in [-0.2, -0.15) is 5.10 Å². The van der Waals surface area contributed by atoms with Crippen molar-refractivity contribution in [2.24, 2.45) is 0 Å². The van der Waals surface area contributed by atoms with Gasteiger partial charge in [0.1, 0.15) is 5.56 Å². The molecule has 0 fully saturated rings. The summed E-state index contributed by atoms with van der Waals surface area (Å²) in [4.78, 5) is 27.0. The van der Waals surface area contributed by atoms with Crippen molar-refractivity contribution in [1.82, 2.24) is 14.7 Å². The highest BCUT2D eigenvalue weighted by Crippen LogP contribution is 2.20. The van der Waals surface area contributed by atoms with E-state index in [1.807, 2.05) is 55.5 Å². The van der Waals surface area contributed by atoms with Gasteiger partial charge in [-0.05, 0) is 43.5 Å². The second-order valence-electron chi connectivity index (χ2n) is 7.20. The molecule has 2 heterocycles. The van der Waals surface area contributed by atoms with Crippen LogP contribution in [0.5, 0.6) is 0 Å². The molecule has 3 aromatic rings. The summed E-state index contributed by atoms with van der Waals surface area (Å²) < 4.78 is 7.08. The topological polar surface area (TPSA) is 64.4 Å². The number of aryl methyl sites for hydroxylation is 1. The van der Waals surface area contributed by atoms with Crippen LogP contribution < -0.4 is 0 Å². The third-order valence-electron chi connectivity index (χ3n) is 5.31. The van der Waals surface area contributed by atoms with Crippen molar-refractivity contribution in [3.8, 4) is 5.69 Å². The largest absolute Gasteiger partial charge is 0.452 e. The summed E-state index contributed by atoms with van der Waals surface area (Å²) in [5.74, 6) is -0.702. The van der Waals surface area contributed by atoms with E-state index in [0.29, 0.717) is 30.0 Å². The van der Waals surface area contributed by atoms with Gasteiger partial charge in [0.2, 0.25) is 0 Å². The van der Waals surface area contributed by atoms with E-state index >= 15 is 0 Å². The number of benzene rings is 2. The summed E-state index contributed by atoms with van der Waals surface area (Å²) in [7, 11) is 0. The highest BCUT2D eigenvalue weighted by molar-refractivity contribution is 5.93.